The van der Waals surface area contributed by atoms with Crippen LogP contribution in [0.15, 0.2) is 0 Å². The molecule has 2 nitrogen and oxygen atoms in total. The first kappa shape index (κ1) is 5.05. The summed E-state index contributed by atoms with van der Waals surface area (Å²) in [7, 11) is 3.83. The van der Waals surface area contributed by atoms with Crippen LogP contribution < -0.4 is 5.84 Å². The minimum absolute atomic E-state index is 0.917. The lowest BCUT2D eigenvalue weighted by molar-refractivity contribution is 0.560. The number of nitrogens with two attached hydrogens (primary N) is 1. The van der Waals surface area contributed by atoms with Crippen LogP contribution in [0, 0.1) is 0 Å². The third kappa shape index (κ3) is 4.05. The van der Waals surface area contributed by atoms with E-state index < -0.39 is 0 Å². The Labute approximate surface area is 34.1 Å². The highest BCUT2D eigenvalue weighted by molar-refractivity contribution is 6.13. The van der Waals surface area contributed by atoms with E-state index in [4.69, 9.17) is 5.84 Å². The highest BCUT2D eigenvalue weighted by Crippen LogP contribution is 1.49. The average molecular weight is 69.7 g/mol. The average Bonchev–Trinajstić information content (AvgIpc) is 1.38. The Balaban J connectivity index is 2.54. The number of nitrogens with zero attached hydrogens (tertiary/aromatic N) is 1. The van der Waals surface area contributed by atoms with Crippen LogP contribution in [0.3, 0.4) is 0 Å². The fraction of sp³-hybridized carbons (Fsp3) is 1.00. The monoisotopic (exact) mass is 70.1 g/mol. The summed E-state index contributed by atoms with van der Waals surface area (Å²) in [5.74, 6) is 5.12. The first-order valence-electron chi connectivity index (χ1n) is 1.73. The molecule has 5 heavy (non-hydrogen) atoms. The Hall–Kier alpha value is 0.0499. The van der Waals surface area contributed by atoms with Gasteiger partial charge in [0.25, 0.3) is 0 Å². The van der Waals surface area contributed by atoms with Gasteiger partial charge in [-0.1, -0.05) is 0 Å². The fourth-order valence-corrected chi connectivity index (χ4v) is 0. The Morgan fingerprint density at radius 2 is 2.00 bits per heavy atom. The Morgan fingerprint density at radius 1 is 1.80 bits per heavy atom. The second kappa shape index (κ2) is 2.30. The zero-order valence-corrected chi connectivity index (χ0v) is 3.73. The molecule has 2 N–H and O–H groups in total. The van der Waals surface area contributed by atoms with Gasteiger partial charge in [-0.25, -0.2) is 0 Å². The number of rotatable bonds is 1. The molecule has 0 bridgehead atoms. The highest BCUT2D eigenvalue weighted by atomic mass is 15.3. The topological polar surface area (TPSA) is 29.3 Å². The lowest BCUT2D eigenvalue weighted by Crippen LogP contribution is -2.28. The van der Waals surface area contributed by atoms with Gasteiger partial charge in [-0.3, -0.25) is 5.84 Å². The van der Waals surface area contributed by atoms with Gasteiger partial charge in [0.15, 0.2) is 0 Å². The van der Waals surface area contributed by atoms with Crippen molar-refractivity contribution in [1.29, 1.82) is 0 Å². The largest absolute Gasteiger partial charge is 0.303 e. The lowest BCUT2D eigenvalue weighted by atomic mass is 10.1. The molecular weight excluding hydrogens is 61.6 g/mol. The van der Waals surface area contributed by atoms with Crippen molar-refractivity contribution >= 4 is 15.8 Å². The molecule has 0 amide bonds. The standard InChI is InChI=1S/CH8B2N2/c2-1-5(3)4/h1-4H2. The third-order valence-corrected chi connectivity index (χ3v) is 0.499. The summed E-state index contributed by atoms with van der Waals surface area (Å²) >= 11 is 0. The summed E-state index contributed by atoms with van der Waals surface area (Å²) in [6, 6.07) is 0. The predicted molar refractivity (Wildman–Crippen MR) is 28.0 cm³/mol. The first-order valence-corrected chi connectivity index (χ1v) is 1.73. The van der Waals surface area contributed by atoms with Gasteiger partial charge in [0.2, 0.25) is 7.98 Å². The van der Waals surface area contributed by atoms with Crippen molar-refractivity contribution < 1.29 is 0 Å². The summed E-state index contributed by atoms with van der Waals surface area (Å²) in [6.07, 6.45) is 0.917. The molecule has 0 aliphatic rings. The molecule has 0 aliphatic heterocycles. The van der Waals surface area contributed by atoms with Crippen LogP contribution in [-0.4, -0.2) is 27.2 Å². The van der Waals surface area contributed by atoms with Crippen LogP contribution >= 0.6 is 0 Å². The molecule has 0 radical (unpaired) electrons. The fourth-order valence-electron chi connectivity index (χ4n) is 0. The Morgan fingerprint density at radius 3 is 2.00 bits per heavy atom. The van der Waals surface area contributed by atoms with Crippen molar-refractivity contribution in [3.8, 4) is 0 Å². The third-order valence-electron chi connectivity index (χ3n) is 0.499. The van der Waals surface area contributed by atoms with Crippen LogP contribution in [0.4, 0.5) is 0 Å². The first-order chi connectivity index (χ1) is 2.27. The van der Waals surface area contributed by atoms with Crippen LogP contribution in [0.2, 0.25) is 0 Å². The van der Waals surface area contributed by atoms with E-state index in [-0.39, 0.29) is 0 Å². The van der Waals surface area contributed by atoms with Crippen molar-refractivity contribution in [2.45, 2.75) is 0 Å². The van der Waals surface area contributed by atoms with E-state index >= 15 is 0 Å². The van der Waals surface area contributed by atoms with Crippen molar-refractivity contribution in [3.05, 3.63) is 0 Å². The van der Waals surface area contributed by atoms with Crippen molar-refractivity contribution in [2.75, 3.05) is 6.44 Å². The maximum absolute atomic E-state index is 5.12. The lowest BCUT2D eigenvalue weighted by Gasteiger charge is -2.00. The molecule has 0 heterocycles. The molecule has 0 unspecified atom stereocenters. The summed E-state index contributed by atoms with van der Waals surface area (Å²) in [5, 5.41) is 0. The van der Waals surface area contributed by atoms with Crippen LogP contribution in [0.25, 0.3) is 0 Å². The number of hydrazine groups is 1. The molecule has 0 saturated carbocycles. The molecule has 0 saturated heterocycles. The molecule has 0 aromatic heterocycles. The van der Waals surface area contributed by atoms with E-state index in [9.17, 15) is 0 Å². The van der Waals surface area contributed by atoms with Crippen molar-refractivity contribution in [3.63, 3.8) is 0 Å². The van der Waals surface area contributed by atoms with Gasteiger partial charge in [-0.15, -0.1) is 0 Å². The van der Waals surface area contributed by atoms with E-state index in [1.54, 1.807) is 4.92 Å². The normalized spacial score (nSPS) is 9.20. The van der Waals surface area contributed by atoms with Gasteiger partial charge in [-0.2, -0.15) is 0 Å². The van der Waals surface area contributed by atoms with Gasteiger partial charge < -0.3 is 4.92 Å². The van der Waals surface area contributed by atoms with E-state index in [0.717, 1.165) is 6.44 Å². The molecular formula is CH8B2N2. The second-order valence-electron chi connectivity index (χ2n) is 1.07. The van der Waals surface area contributed by atoms with Gasteiger partial charge in [-0.05, 0) is 6.44 Å². The summed E-state index contributed by atoms with van der Waals surface area (Å²) < 4.78 is 0. The van der Waals surface area contributed by atoms with Gasteiger partial charge in [0.05, 0.1) is 0 Å². The number of hydrogen-bond donors (Lipinski definition) is 1. The molecule has 0 aliphatic carbocycles. The van der Waals surface area contributed by atoms with Crippen molar-refractivity contribution in [2.24, 2.45) is 5.84 Å². The minimum Gasteiger partial charge on any atom is -0.303 e. The number of hydrogen-bond acceptors (Lipinski definition) is 2. The molecule has 0 aromatic carbocycles. The van der Waals surface area contributed by atoms with Crippen molar-refractivity contribution in [1.82, 2.24) is 4.92 Å². The molecule has 0 spiro atoms. The van der Waals surface area contributed by atoms with Crippen LogP contribution in [-0.2, 0) is 0 Å². The molecule has 0 aromatic rings. The predicted octanol–water partition coefficient (Wildman–Crippen LogP) is -2.70. The molecule has 0 rings (SSSR count). The zero-order chi connectivity index (χ0) is 4.28. The van der Waals surface area contributed by atoms with E-state index in [1.165, 1.54) is 0 Å². The maximum Gasteiger partial charge on any atom is 0.204 e. The minimum atomic E-state index is 0.917. The molecule has 4 heteroatoms. The van der Waals surface area contributed by atoms with Crippen LogP contribution in [0.5, 0.6) is 0 Å². The second-order valence-corrected chi connectivity index (χ2v) is 1.07. The van der Waals surface area contributed by atoms with E-state index in [0.29, 0.717) is 0 Å². The van der Waals surface area contributed by atoms with Gasteiger partial charge in [0.1, 0.15) is 7.85 Å². The summed E-state index contributed by atoms with van der Waals surface area (Å²) in [5.41, 5.74) is 0. The Bertz CT molecular complexity index is 21.6. The maximum atomic E-state index is 5.12. The zero-order valence-electron chi connectivity index (χ0n) is 3.73. The highest BCUT2D eigenvalue weighted by Gasteiger charge is 1.73. The SMILES string of the molecule is BCN(B)N. The quantitative estimate of drug-likeness (QED) is 0.206. The molecule has 0 fully saturated rings. The Kier molecular flexibility index (Phi) is 2.32. The summed E-state index contributed by atoms with van der Waals surface area (Å²) in [6.45, 7) is 0. The van der Waals surface area contributed by atoms with E-state index in [2.05, 4.69) is 0 Å². The molecule has 0 atom stereocenters. The molecule has 28 valence electrons. The smallest absolute Gasteiger partial charge is 0.204 e. The van der Waals surface area contributed by atoms with Gasteiger partial charge >= 0.3 is 0 Å². The van der Waals surface area contributed by atoms with Gasteiger partial charge in [0, 0.05) is 0 Å². The van der Waals surface area contributed by atoms with E-state index in [1.807, 2.05) is 15.8 Å². The summed E-state index contributed by atoms with van der Waals surface area (Å²) in [4.78, 5) is 1.62. The van der Waals surface area contributed by atoms with Crippen LogP contribution in [0.1, 0.15) is 0 Å².